The number of carbonyl (C=O) groups is 1. The summed E-state index contributed by atoms with van der Waals surface area (Å²) in [5.41, 5.74) is -0.900. The minimum atomic E-state index is -4.94. The fourth-order valence-electron chi connectivity index (χ4n) is 5.17. The maximum Gasteiger partial charge on any atom is 0.358 e. The largest absolute Gasteiger partial charge is 0.506 e. The summed E-state index contributed by atoms with van der Waals surface area (Å²) in [6.07, 6.45) is 0. The Bertz CT molecular complexity index is 2790. The third-order valence-corrected chi connectivity index (χ3v) is 10.1. The topological polar surface area (TPSA) is 363 Å². The summed E-state index contributed by atoms with van der Waals surface area (Å²) < 4.78 is 67.6. The lowest BCUT2D eigenvalue weighted by Gasteiger charge is -2.15. The van der Waals surface area contributed by atoms with Crippen molar-refractivity contribution in [3.63, 3.8) is 0 Å². The second-order valence-corrected chi connectivity index (χ2v) is 14.6. The first-order valence-electron chi connectivity index (χ1n) is 14.9. The van der Waals surface area contributed by atoms with Crippen LogP contribution in [0, 0.1) is 0 Å². The van der Waals surface area contributed by atoms with E-state index in [0.29, 0.717) is 0 Å². The van der Waals surface area contributed by atoms with Gasteiger partial charge in [-0.15, -0.1) is 14.6 Å². The summed E-state index contributed by atoms with van der Waals surface area (Å²) in [6, 6.07) is 14.2. The van der Waals surface area contributed by atoms with Crippen LogP contribution >= 0.6 is 12.0 Å². The lowest BCUT2D eigenvalue weighted by atomic mass is 10.1. The summed E-state index contributed by atoms with van der Waals surface area (Å²) in [5, 5.41) is 58.9. The van der Waals surface area contributed by atoms with Crippen LogP contribution in [0.4, 0.5) is 34.6 Å². The van der Waals surface area contributed by atoms with E-state index in [9.17, 15) is 41.5 Å². The van der Waals surface area contributed by atoms with Gasteiger partial charge in [0.2, 0.25) is 11.9 Å². The van der Waals surface area contributed by atoms with Gasteiger partial charge in [-0.3, -0.25) is 4.55 Å². The van der Waals surface area contributed by atoms with Gasteiger partial charge in [0.05, 0.1) is 43.7 Å². The number of nitrogens with zero attached hydrogens (tertiary/aromatic N) is 5. The Morgan fingerprint density at radius 1 is 0.786 bits per heavy atom. The van der Waals surface area contributed by atoms with Gasteiger partial charge in [0.25, 0.3) is 10.1 Å². The van der Waals surface area contributed by atoms with E-state index in [4.69, 9.17) is 17.1 Å². The Balaban J connectivity index is 1.50. The smallest absolute Gasteiger partial charge is 0.358 e. The lowest BCUT2D eigenvalue weighted by Crippen LogP contribution is -2.13. The number of rotatable bonds is 13. The van der Waals surface area contributed by atoms with Crippen molar-refractivity contribution in [1.29, 1.82) is 0 Å². The zero-order valence-electron chi connectivity index (χ0n) is 27.5. The van der Waals surface area contributed by atoms with Crippen LogP contribution in [0.25, 0.3) is 21.5 Å². The number of hydrogen-bond acceptors (Lipinski definition) is 23. The molecular weight excluding hydrogens is 807 g/mol. The number of benzene rings is 5. The van der Waals surface area contributed by atoms with Gasteiger partial charge in [-0.2, -0.15) is 47.9 Å². The van der Waals surface area contributed by atoms with Gasteiger partial charge in [-0.1, -0.05) is 29.3 Å². The molecule has 6 rings (SSSR count). The monoisotopic (exact) mass is 829 g/mol. The number of carbonyl (C=O) groups excluding carboxylic acids is 1. The van der Waals surface area contributed by atoms with Gasteiger partial charge in [0.15, 0.2) is 5.75 Å². The van der Waals surface area contributed by atoms with E-state index < -0.39 is 60.2 Å². The molecule has 0 unspecified atom stereocenters. The first-order chi connectivity index (χ1) is 26.6. The predicted molar refractivity (Wildman–Crippen MR) is 192 cm³/mol. The maximum absolute atomic E-state index is 12.3. The van der Waals surface area contributed by atoms with Crippen molar-refractivity contribution in [2.24, 2.45) is 22.0 Å². The van der Waals surface area contributed by atoms with Crippen LogP contribution in [0.15, 0.2) is 97.7 Å². The maximum atomic E-state index is 12.3. The van der Waals surface area contributed by atoms with E-state index in [1.54, 1.807) is 6.07 Å². The normalized spacial score (nSPS) is 12.0. The molecule has 26 heteroatoms. The number of fused-ring (bicyclic) bond motifs is 2. The molecule has 0 spiro atoms. The van der Waals surface area contributed by atoms with Crippen molar-refractivity contribution in [2.45, 2.75) is 14.7 Å². The number of aromatic hydroxyl groups is 3. The number of hydrogen-bond donors (Lipinski definition) is 9. The highest BCUT2D eigenvalue weighted by atomic mass is 32.2. The summed E-state index contributed by atoms with van der Waals surface area (Å²) in [6.45, 7) is 0. The molecule has 0 saturated carbocycles. The van der Waals surface area contributed by atoms with E-state index >= 15 is 0 Å². The summed E-state index contributed by atoms with van der Waals surface area (Å²) in [5.74, 6) is 6.99. The number of nitrogens with one attached hydrogen (secondary N) is 2. The quantitative estimate of drug-likeness (QED) is 0.0254. The first kappa shape index (κ1) is 39.4. The summed E-state index contributed by atoms with van der Waals surface area (Å²) in [4.78, 5) is 26.9. The third-order valence-electron chi connectivity index (χ3n) is 7.55. The number of para-hydroxylation sites is 1. The van der Waals surface area contributed by atoms with E-state index in [0.717, 1.165) is 18.2 Å². The molecule has 11 N–H and O–H groups in total. The highest BCUT2D eigenvalue weighted by molar-refractivity contribution is 7.94. The van der Waals surface area contributed by atoms with E-state index in [2.05, 4.69) is 54.3 Å². The molecule has 0 aliphatic carbocycles. The van der Waals surface area contributed by atoms with Crippen LogP contribution in [0.3, 0.4) is 0 Å². The molecule has 5 aromatic carbocycles. The lowest BCUT2D eigenvalue weighted by molar-refractivity contribution is -0.432. The third kappa shape index (κ3) is 8.18. The summed E-state index contributed by atoms with van der Waals surface area (Å²) >= 11 is 0.271. The molecule has 290 valence electrons. The molecule has 56 heavy (non-hydrogen) atoms. The van der Waals surface area contributed by atoms with Gasteiger partial charge >= 0.3 is 22.1 Å². The number of nitrogens with two attached hydrogens (primary N) is 2. The Morgan fingerprint density at radius 2 is 1.46 bits per heavy atom. The average molecular weight is 830 g/mol. The molecule has 0 radical (unpaired) electrons. The number of azo groups is 1. The van der Waals surface area contributed by atoms with Crippen LogP contribution in [0.5, 0.6) is 17.5 Å². The van der Waals surface area contributed by atoms with E-state index in [1.165, 1.54) is 48.5 Å². The molecule has 0 fully saturated rings. The highest BCUT2D eigenvalue weighted by Gasteiger charge is 2.23. The van der Waals surface area contributed by atoms with Crippen molar-refractivity contribution < 1.29 is 65.3 Å². The second kappa shape index (κ2) is 15.8. The Hall–Kier alpha value is -6.33. The number of aromatic nitrogens is 3. The first-order valence-corrected chi connectivity index (χ1v) is 18.5. The zero-order valence-corrected chi connectivity index (χ0v) is 29.9. The molecular formula is C30H23N9O14S3. The minimum absolute atomic E-state index is 0.0390. The highest BCUT2D eigenvalue weighted by Crippen LogP contribution is 2.48. The van der Waals surface area contributed by atoms with Gasteiger partial charge in [0, 0.05) is 10.8 Å². The van der Waals surface area contributed by atoms with Crippen molar-refractivity contribution in [3.05, 3.63) is 78.4 Å². The molecule has 0 atom stereocenters. The Morgan fingerprint density at radius 3 is 2.14 bits per heavy atom. The van der Waals surface area contributed by atoms with Crippen molar-refractivity contribution in [2.75, 3.05) is 10.6 Å². The molecule has 23 nitrogen and oxygen atoms in total. The molecule has 0 amide bonds. The van der Waals surface area contributed by atoms with Crippen LogP contribution in [0.2, 0.25) is 0 Å². The molecule has 0 aliphatic heterocycles. The van der Waals surface area contributed by atoms with Crippen molar-refractivity contribution in [1.82, 2.24) is 15.0 Å². The van der Waals surface area contributed by atoms with Gasteiger partial charge in [-0.05, 0) is 59.3 Å². The SMILES string of the molecule is NOC(=O)c1ccccc1Nc1nc(O)nc(Nc2cc(S(=O)(=O)O)cc3cc(SOOO)c(N=Nc4c(O)ccc5cc(S(=O)(=O)ON)ccc45)c(O)c23)n1. The average Bonchev–Trinajstić information content (AvgIpc) is 3.16. The molecule has 1 aromatic heterocycles. The van der Waals surface area contributed by atoms with Gasteiger partial charge < -0.3 is 30.8 Å². The predicted octanol–water partition coefficient (Wildman–Crippen LogP) is 4.48. The number of phenols is 2. The molecule has 1 heterocycles. The Labute approximate surface area is 317 Å². The fraction of sp³-hybridized carbons (Fsp3) is 0. The van der Waals surface area contributed by atoms with E-state index in [-0.39, 0.29) is 72.0 Å². The van der Waals surface area contributed by atoms with Crippen molar-refractivity contribution in [3.8, 4) is 17.5 Å². The Kier molecular flexibility index (Phi) is 11.1. The van der Waals surface area contributed by atoms with Crippen LogP contribution in [-0.4, -0.2) is 62.9 Å². The molecule has 0 aliphatic rings. The van der Waals surface area contributed by atoms with Crippen molar-refractivity contribution >= 4 is 94.4 Å². The molecule has 6 aromatic rings. The second-order valence-electron chi connectivity index (χ2n) is 10.9. The van der Waals surface area contributed by atoms with Crippen LogP contribution in [-0.2, 0) is 38.7 Å². The van der Waals surface area contributed by atoms with Crippen LogP contribution in [0.1, 0.15) is 10.4 Å². The van der Waals surface area contributed by atoms with E-state index in [1.807, 2.05) is 0 Å². The summed E-state index contributed by atoms with van der Waals surface area (Å²) in [7, 11) is -9.24. The number of phenolic OH excluding ortho intramolecular Hbond substituents is 2. The number of anilines is 4. The van der Waals surface area contributed by atoms with Crippen LogP contribution < -0.4 is 22.4 Å². The van der Waals surface area contributed by atoms with Gasteiger partial charge in [0.1, 0.15) is 17.1 Å². The molecule has 0 saturated heterocycles. The zero-order chi connectivity index (χ0) is 40.4. The molecule has 0 bridgehead atoms. The standard InChI is InChI=1S/C30H23N9O14S3/c31-50-27(42)18-3-1-2-4-19(18)33-28-35-29(37-30(43)36-28)34-20-12-16(55(45,46)47)10-14-11-22(54-53-52-44)25(26(41)23(14)20)39-38-24-17-7-6-15(56(48,49)51-32)9-13(17)5-8-21(24)40/h1-12,40-41,44H,31-32H2,(H,45,46,47)(H3,33,34,35,36,37,43). The minimum Gasteiger partial charge on any atom is -0.506 e. The van der Waals surface area contributed by atoms with Gasteiger partial charge in [-0.25, -0.2) is 10.1 Å². The fourth-order valence-corrected chi connectivity index (χ4v) is 6.82.